The molecule has 1 aliphatic carbocycles. The van der Waals surface area contributed by atoms with Crippen molar-refractivity contribution < 1.29 is 0 Å². The molecule has 0 aromatic carbocycles. The van der Waals surface area contributed by atoms with Crippen molar-refractivity contribution in [1.29, 1.82) is 0 Å². The quantitative estimate of drug-likeness (QED) is 0.749. The van der Waals surface area contributed by atoms with E-state index in [2.05, 4.69) is 45.2 Å². The zero-order chi connectivity index (χ0) is 12.2. The molecule has 2 nitrogen and oxygen atoms in total. The molecule has 1 fully saturated rings. The molecule has 96 valence electrons. The minimum atomic E-state index is 0.415. The molecular weight excluding hydrogens is 196 g/mol. The molecule has 0 heterocycles. The van der Waals surface area contributed by atoms with Crippen LogP contribution in [0.2, 0.25) is 0 Å². The van der Waals surface area contributed by atoms with Gasteiger partial charge in [-0.15, -0.1) is 0 Å². The van der Waals surface area contributed by atoms with Crippen molar-refractivity contribution in [2.75, 3.05) is 21.1 Å². The van der Waals surface area contributed by atoms with Gasteiger partial charge in [0.05, 0.1) is 0 Å². The van der Waals surface area contributed by atoms with Crippen LogP contribution in [0.3, 0.4) is 0 Å². The molecule has 1 aliphatic rings. The molecule has 0 spiro atoms. The van der Waals surface area contributed by atoms with Crippen molar-refractivity contribution in [2.45, 2.75) is 64.0 Å². The van der Waals surface area contributed by atoms with Gasteiger partial charge in [0.25, 0.3) is 0 Å². The Morgan fingerprint density at radius 1 is 1.25 bits per heavy atom. The highest BCUT2D eigenvalue weighted by molar-refractivity contribution is 5.01. The summed E-state index contributed by atoms with van der Waals surface area (Å²) in [5, 5.41) is 3.59. The van der Waals surface area contributed by atoms with E-state index in [0.29, 0.717) is 11.6 Å². The first-order valence-electron chi connectivity index (χ1n) is 6.91. The van der Waals surface area contributed by atoms with Crippen LogP contribution in [0.25, 0.3) is 0 Å². The Morgan fingerprint density at radius 3 is 2.19 bits per heavy atom. The molecule has 1 rings (SSSR count). The SMILES string of the molecule is CCC(C)CC(NC)C1(N(C)C)CCCC1. The summed E-state index contributed by atoms with van der Waals surface area (Å²) in [5.41, 5.74) is 0.415. The first kappa shape index (κ1) is 14.0. The summed E-state index contributed by atoms with van der Waals surface area (Å²) in [5.74, 6) is 0.829. The fourth-order valence-corrected chi connectivity index (χ4v) is 3.27. The molecule has 16 heavy (non-hydrogen) atoms. The van der Waals surface area contributed by atoms with E-state index in [1.54, 1.807) is 0 Å². The van der Waals surface area contributed by atoms with Gasteiger partial charge in [0, 0.05) is 11.6 Å². The predicted molar refractivity (Wildman–Crippen MR) is 71.8 cm³/mol. The zero-order valence-corrected chi connectivity index (χ0v) is 11.8. The van der Waals surface area contributed by atoms with E-state index in [1.807, 2.05) is 0 Å². The first-order valence-corrected chi connectivity index (χ1v) is 6.91. The van der Waals surface area contributed by atoms with Gasteiger partial charge in [-0.1, -0.05) is 33.1 Å². The van der Waals surface area contributed by atoms with E-state index in [1.165, 1.54) is 38.5 Å². The molecule has 0 aromatic heterocycles. The molecule has 2 atom stereocenters. The largest absolute Gasteiger partial charge is 0.315 e. The first-order chi connectivity index (χ1) is 7.56. The van der Waals surface area contributed by atoms with Crippen molar-refractivity contribution in [2.24, 2.45) is 5.92 Å². The summed E-state index contributed by atoms with van der Waals surface area (Å²) in [6.07, 6.45) is 8.13. The average Bonchev–Trinajstić information content (AvgIpc) is 2.75. The van der Waals surface area contributed by atoms with Gasteiger partial charge in [-0.05, 0) is 46.3 Å². The summed E-state index contributed by atoms with van der Waals surface area (Å²) in [7, 11) is 6.65. The third kappa shape index (κ3) is 2.78. The van der Waals surface area contributed by atoms with Crippen LogP contribution in [0.5, 0.6) is 0 Å². The van der Waals surface area contributed by atoms with Crippen LogP contribution < -0.4 is 5.32 Å². The van der Waals surface area contributed by atoms with Crippen molar-refractivity contribution in [3.63, 3.8) is 0 Å². The van der Waals surface area contributed by atoms with E-state index >= 15 is 0 Å². The lowest BCUT2D eigenvalue weighted by Crippen LogP contribution is -2.57. The fourth-order valence-electron chi connectivity index (χ4n) is 3.27. The number of hydrogen-bond donors (Lipinski definition) is 1. The Balaban J connectivity index is 2.74. The van der Waals surface area contributed by atoms with Crippen LogP contribution >= 0.6 is 0 Å². The van der Waals surface area contributed by atoms with E-state index in [-0.39, 0.29) is 0 Å². The normalized spacial score (nSPS) is 23.6. The Labute approximate surface area is 102 Å². The summed E-state index contributed by atoms with van der Waals surface area (Å²) >= 11 is 0. The predicted octanol–water partition coefficient (Wildman–Crippen LogP) is 2.89. The summed E-state index contributed by atoms with van der Waals surface area (Å²) in [6.45, 7) is 4.68. The third-order valence-corrected chi connectivity index (χ3v) is 4.69. The van der Waals surface area contributed by atoms with Gasteiger partial charge in [0.2, 0.25) is 0 Å². The van der Waals surface area contributed by atoms with Crippen LogP contribution in [0.1, 0.15) is 52.4 Å². The fraction of sp³-hybridized carbons (Fsp3) is 1.00. The molecule has 0 aromatic rings. The van der Waals surface area contributed by atoms with E-state index in [9.17, 15) is 0 Å². The van der Waals surface area contributed by atoms with Crippen molar-refractivity contribution in [3.8, 4) is 0 Å². The molecule has 2 unspecified atom stereocenters. The van der Waals surface area contributed by atoms with E-state index < -0.39 is 0 Å². The van der Waals surface area contributed by atoms with Crippen LogP contribution in [0.4, 0.5) is 0 Å². The van der Waals surface area contributed by atoms with Crippen LogP contribution in [0.15, 0.2) is 0 Å². The second-order valence-electron chi connectivity index (χ2n) is 5.80. The highest BCUT2D eigenvalue weighted by Gasteiger charge is 2.42. The summed E-state index contributed by atoms with van der Waals surface area (Å²) in [4.78, 5) is 2.48. The van der Waals surface area contributed by atoms with Gasteiger partial charge in [-0.25, -0.2) is 0 Å². The van der Waals surface area contributed by atoms with E-state index in [0.717, 1.165) is 5.92 Å². The number of nitrogens with zero attached hydrogens (tertiary/aromatic N) is 1. The maximum atomic E-state index is 3.59. The summed E-state index contributed by atoms with van der Waals surface area (Å²) < 4.78 is 0. The number of likely N-dealkylation sites (N-methyl/N-ethyl adjacent to an activating group) is 2. The lowest BCUT2D eigenvalue weighted by Gasteiger charge is -2.44. The minimum Gasteiger partial charge on any atom is -0.315 e. The standard InChI is InChI=1S/C14H30N2/c1-6-12(2)11-13(15-3)14(16(4)5)9-7-8-10-14/h12-13,15H,6-11H2,1-5H3. The highest BCUT2D eigenvalue weighted by atomic mass is 15.2. The zero-order valence-electron chi connectivity index (χ0n) is 11.8. The van der Waals surface area contributed by atoms with Gasteiger partial charge in [-0.3, -0.25) is 0 Å². The second kappa shape index (κ2) is 6.02. The van der Waals surface area contributed by atoms with Gasteiger partial charge >= 0.3 is 0 Å². The number of rotatable bonds is 6. The molecule has 2 heteroatoms. The molecule has 0 radical (unpaired) electrons. The lowest BCUT2D eigenvalue weighted by molar-refractivity contribution is 0.0956. The van der Waals surface area contributed by atoms with Crippen LogP contribution in [-0.2, 0) is 0 Å². The highest BCUT2D eigenvalue weighted by Crippen LogP contribution is 2.38. The lowest BCUT2D eigenvalue weighted by atomic mass is 9.81. The van der Waals surface area contributed by atoms with Crippen molar-refractivity contribution >= 4 is 0 Å². The van der Waals surface area contributed by atoms with Gasteiger partial charge in [-0.2, -0.15) is 0 Å². The topological polar surface area (TPSA) is 15.3 Å². The minimum absolute atomic E-state index is 0.415. The van der Waals surface area contributed by atoms with Gasteiger partial charge < -0.3 is 10.2 Å². The second-order valence-corrected chi connectivity index (χ2v) is 5.80. The number of nitrogens with one attached hydrogen (secondary N) is 1. The Bertz CT molecular complexity index is 195. The maximum Gasteiger partial charge on any atom is 0.0356 e. The van der Waals surface area contributed by atoms with Crippen LogP contribution in [0, 0.1) is 5.92 Å². The maximum absolute atomic E-state index is 3.59. The smallest absolute Gasteiger partial charge is 0.0356 e. The van der Waals surface area contributed by atoms with Crippen LogP contribution in [-0.4, -0.2) is 37.6 Å². The van der Waals surface area contributed by atoms with Gasteiger partial charge in [0.15, 0.2) is 0 Å². The molecule has 0 bridgehead atoms. The monoisotopic (exact) mass is 226 g/mol. The molecule has 0 amide bonds. The van der Waals surface area contributed by atoms with Crippen molar-refractivity contribution in [3.05, 3.63) is 0 Å². The van der Waals surface area contributed by atoms with Gasteiger partial charge in [0.1, 0.15) is 0 Å². The Hall–Kier alpha value is -0.0800. The number of hydrogen-bond acceptors (Lipinski definition) is 2. The molecule has 1 N–H and O–H groups in total. The molecular formula is C14H30N2. The van der Waals surface area contributed by atoms with Crippen molar-refractivity contribution in [1.82, 2.24) is 10.2 Å². The average molecular weight is 226 g/mol. The Morgan fingerprint density at radius 2 is 1.81 bits per heavy atom. The third-order valence-electron chi connectivity index (χ3n) is 4.69. The Kier molecular flexibility index (Phi) is 5.26. The molecule has 1 saturated carbocycles. The van der Waals surface area contributed by atoms with E-state index in [4.69, 9.17) is 0 Å². The molecule has 0 saturated heterocycles. The summed E-state index contributed by atoms with van der Waals surface area (Å²) in [6, 6.07) is 0.653. The molecule has 0 aliphatic heterocycles.